The number of fused-ring (bicyclic) bond motifs is 2. The highest BCUT2D eigenvalue weighted by Crippen LogP contribution is 2.28. The normalized spacial score (nSPS) is 17.3. The van der Waals surface area contributed by atoms with Crippen LogP contribution in [0.3, 0.4) is 0 Å². The molecule has 1 aliphatic carbocycles. The molecule has 1 saturated heterocycles. The highest BCUT2D eigenvalue weighted by Gasteiger charge is 2.25. The van der Waals surface area contributed by atoms with Gasteiger partial charge >= 0.3 is 0 Å². The number of hydrogen-bond acceptors (Lipinski definition) is 7. The Hall–Kier alpha value is -2.77. The molecule has 2 aliphatic rings. The molecule has 0 spiro atoms. The Labute approximate surface area is 145 Å². The fraction of sp³-hybridized carbons (Fsp3) is 0.471. The third kappa shape index (κ3) is 2.40. The first-order chi connectivity index (χ1) is 12.3. The van der Waals surface area contributed by atoms with Crippen LogP contribution < -0.4 is 9.80 Å². The molecule has 0 unspecified atom stereocenters. The van der Waals surface area contributed by atoms with Gasteiger partial charge in [-0.05, 0) is 38.3 Å². The average molecular weight is 336 g/mol. The van der Waals surface area contributed by atoms with Crippen LogP contribution in [0.1, 0.15) is 23.5 Å². The van der Waals surface area contributed by atoms with Crippen molar-refractivity contribution in [1.29, 1.82) is 0 Å². The maximum Gasteiger partial charge on any atom is 0.178 e. The summed E-state index contributed by atoms with van der Waals surface area (Å²) >= 11 is 0. The monoisotopic (exact) mass is 336 g/mol. The lowest BCUT2D eigenvalue weighted by Crippen LogP contribution is -2.47. The Kier molecular flexibility index (Phi) is 3.29. The molecule has 0 saturated carbocycles. The summed E-state index contributed by atoms with van der Waals surface area (Å²) in [5.41, 5.74) is 3.38. The first-order valence-electron chi connectivity index (χ1n) is 8.81. The van der Waals surface area contributed by atoms with Crippen molar-refractivity contribution in [2.75, 3.05) is 36.0 Å². The van der Waals surface area contributed by atoms with Crippen molar-refractivity contribution >= 4 is 17.3 Å². The van der Waals surface area contributed by atoms with E-state index >= 15 is 0 Å². The maximum atomic E-state index is 4.69. The topological polar surface area (TPSA) is 75.3 Å². The lowest BCUT2D eigenvalue weighted by molar-refractivity contribution is 0.632. The zero-order chi connectivity index (χ0) is 16.8. The van der Waals surface area contributed by atoms with Crippen molar-refractivity contribution in [2.45, 2.75) is 26.2 Å². The number of aromatic nitrogens is 6. The number of rotatable bonds is 2. The quantitative estimate of drug-likeness (QED) is 0.692. The van der Waals surface area contributed by atoms with Crippen LogP contribution in [0.5, 0.6) is 0 Å². The highest BCUT2D eigenvalue weighted by molar-refractivity contribution is 5.53. The number of hydrogen-bond donors (Lipinski definition) is 0. The molecule has 0 atom stereocenters. The summed E-state index contributed by atoms with van der Waals surface area (Å²) < 4.78 is 1.80. The van der Waals surface area contributed by atoms with Crippen LogP contribution in [0.15, 0.2) is 18.5 Å². The Bertz CT molecular complexity index is 926. The van der Waals surface area contributed by atoms with Crippen molar-refractivity contribution < 1.29 is 0 Å². The lowest BCUT2D eigenvalue weighted by Gasteiger charge is -2.36. The summed E-state index contributed by atoms with van der Waals surface area (Å²) in [4.78, 5) is 13.7. The summed E-state index contributed by atoms with van der Waals surface area (Å²) in [5.74, 6) is 2.93. The molecule has 128 valence electrons. The number of nitrogens with zero attached hydrogens (tertiary/aromatic N) is 8. The van der Waals surface area contributed by atoms with Crippen LogP contribution >= 0.6 is 0 Å². The molecule has 1 aliphatic heterocycles. The number of anilines is 2. The van der Waals surface area contributed by atoms with Crippen molar-refractivity contribution in [3.05, 3.63) is 35.5 Å². The minimum atomic E-state index is 0.788. The zero-order valence-electron chi connectivity index (χ0n) is 14.3. The van der Waals surface area contributed by atoms with E-state index in [0.717, 1.165) is 62.1 Å². The van der Waals surface area contributed by atoms with Crippen LogP contribution in [-0.4, -0.2) is 56.0 Å². The van der Waals surface area contributed by atoms with Gasteiger partial charge in [-0.2, -0.15) is 4.52 Å². The average Bonchev–Trinajstić information content (AvgIpc) is 3.28. The maximum absolute atomic E-state index is 4.69. The molecular weight excluding hydrogens is 316 g/mol. The van der Waals surface area contributed by atoms with Gasteiger partial charge in [0.25, 0.3) is 0 Å². The molecular formula is C17H20N8. The van der Waals surface area contributed by atoms with E-state index in [1.165, 1.54) is 17.7 Å². The first kappa shape index (κ1) is 14.6. The largest absolute Gasteiger partial charge is 0.353 e. The van der Waals surface area contributed by atoms with Crippen LogP contribution in [0.25, 0.3) is 5.65 Å². The van der Waals surface area contributed by atoms with Crippen molar-refractivity contribution in [3.8, 4) is 0 Å². The van der Waals surface area contributed by atoms with E-state index < -0.39 is 0 Å². The lowest BCUT2D eigenvalue weighted by atomic mass is 10.2. The van der Waals surface area contributed by atoms with E-state index in [2.05, 4.69) is 35.1 Å². The second kappa shape index (κ2) is 5.65. The second-order valence-corrected chi connectivity index (χ2v) is 6.66. The summed E-state index contributed by atoms with van der Waals surface area (Å²) in [5, 5.41) is 12.9. The smallest absolute Gasteiger partial charge is 0.178 e. The Morgan fingerprint density at radius 2 is 1.76 bits per heavy atom. The van der Waals surface area contributed by atoms with E-state index in [9.17, 15) is 0 Å². The summed E-state index contributed by atoms with van der Waals surface area (Å²) in [7, 11) is 0. The molecule has 25 heavy (non-hydrogen) atoms. The van der Waals surface area contributed by atoms with Crippen LogP contribution in [0, 0.1) is 6.92 Å². The first-order valence-corrected chi connectivity index (χ1v) is 8.81. The number of aryl methyl sites for hydroxylation is 2. The Morgan fingerprint density at radius 1 is 0.920 bits per heavy atom. The fourth-order valence-corrected chi connectivity index (χ4v) is 3.82. The van der Waals surface area contributed by atoms with E-state index in [4.69, 9.17) is 0 Å². The highest BCUT2D eigenvalue weighted by atomic mass is 15.4. The van der Waals surface area contributed by atoms with E-state index in [0.29, 0.717) is 0 Å². The summed E-state index contributed by atoms with van der Waals surface area (Å²) in [6.45, 7) is 5.68. The molecule has 0 N–H and O–H groups in total. The zero-order valence-corrected chi connectivity index (χ0v) is 14.3. The third-order valence-corrected chi connectivity index (χ3v) is 5.16. The fourth-order valence-electron chi connectivity index (χ4n) is 3.82. The van der Waals surface area contributed by atoms with Crippen LogP contribution in [-0.2, 0) is 12.8 Å². The molecule has 0 radical (unpaired) electrons. The SMILES string of the molecule is Cc1nnc2ccc(N3CCN(c4ncnc5c4CCC5)CC3)nn12. The second-order valence-electron chi connectivity index (χ2n) is 6.66. The van der Waals surface area contributed by atoms with Gasteiger partial charge < -0.3 is 9.80 Å². The minimum absolute atomic E-state index is 0.788. The third-order valence-electron chi connectivity index (χ3n) is 5.16. The van der Waals surface area contributed by atoms with Crippen LogP contribution in [0.4, 0.5) is 11.6 Å². The molecule has 8 heteroatoms. The van der Waals surface area contributed by atoms with Crippen molar-refractivity contribution in [2.24, 2.45) is 0 Å². The molecule has 0 bridgehead atoms. The number of piperazine rings is 1. The van der Waals surface area contributed by atoms with E-state index in [1.54, 1.807) is 10.8 Å². The van der Waals surface area contributed by atoms with Gasteiger partial charge in [0.05, 0.1) is 0 Å². The Balaban J connectivity index is 1.36. The predicted molar refractivity (Wildman–Crippen MR) is 94.0 cm³/mol. The molecule has 3 aromatic heterocycles. The summed E-state index contributed by atoms with van der Waals surface area (Å²) in [6.07, 6.45) is 5.11. The Morgan fingerprint density at radius 3 is 2.64 bits per heavy atom. The van der Waals surface area contributed by atoms with Gasteiger partial charge in [-0.15, -0.1) is 15.3 Å². The van der Waals surface area contributed by atoms with E-state index in [1.807, 2.05) is 19.1 Å². The summed E-state index contributed by atoms with van der Waals surface area (Å²) in [6, 6.07) is 4.01. The standard InChI is InChI=1S/C17H20N8/c1-12-20-21-15-5-6-16(22-25(12)15)23-7-9-24(10-8-23)17-13-3-2-4-14(13)18-11-19-17/h5-6,11H,2-4,7-10H2,1H3. The molecule has 5 rings (SSSR count). The molecule has 1 fully saturated rings. The van der Waals surface area contributed by atoms with E-state index in [-0.39, 0.29) is 0 Å². The van der Waals surface area contributed by atoms with Crippen molar-refractivity contribution in [3.63, 3.8) is 0 Å². The minimum Gasteiger partial charge on any atom is -0.353 e. The van der Waals surface area contributed by atoms with Gasteiger partial charge in [0.2, 0.25) is 0 Å². The molecule has 0 aromatic carbocycles. The van der Waals surface area contributed by atoms with Gasteiger partial charge in [0, 0.05) is 37.4 Å². The van der Waals surface area contributed by atoms with Gasteiger partial charge in [0.15, 0.2) is 11.5 Å². The van der Waals surface area contributed by atoms with Gasteiger partial charge in [0.1, 0.15) is 18.0 Å². The molecule has 3 aromatic rings. The van der Waals surface area contributed by atoms with Crippen LogP contribution in [0.2, 0.25) is 0 Å². The van der Waals surface area contributed by atoms with Gasteiger partial charge in [-0.1, -0.05) is 0 Å². The molecule has 4 heterocycles. The van der Waals surface area contributed by atoms with Gasteiger partial charge in [-0.25, -0.2) is 9.97 Å². The van der Waals surface area contributed by atoms with Crippen molar-refractivity contribution in [1.82, 2.24) is 29.8 Å². The molecule has 0 amide bonds. The molecule has 8 nitrogen and oxygen atoms in total. The predicted octanol–water partition coefficient (Wildman–Crippen LogP) is 1.04. The van der Waals surface area contributed by atoms with Gasteiger partial charge in [-0.3, -0.25) is 0 Å².